The number of aryl methyl sites for hydroxylation is 1. The van der Waals surface area contributed by atoms with Gasteiger partial charge in [0.1, 0.15) is 18.2 Å². The highest BCUT2D eigenvalue weighted by molar-refractivity contribution is 5.28. The topological polar surface area (TPSA) is 12.5 Å². The predicted molar refractivity (Wildman–Crippen MR) is 105 cm³/mol. The first-order valence-electron chi connectivity index (χ1n) is 9.73. The highest BCUT2D eigenvalue weighted by atomic mass is 19.1. The van der Waals surface area contributed by atoms with Gasteiger partial charge in [0.25, 0.3) is 0 Å². The monoisotopic (exact) mass is 355 g/mol. The van der Waals surface area contributed by atoms with Crippen molar-refractivity contribution in [1.82, 2.24) is 4.90 Å². The summed E-state index contributed by atoms with van der Waals surface area (Å²) in [6.45, 7) is 0.467. The third-order valence-electron chi connectivity index (χ3n) is 5.63. The molecule has 3 heteroatoms. The molecular formula is C23H30FNO. The van der Waals surface area contributed by atoms with Crippen molar-refractivity contribution in [3.8, 4) is 5.75 Å². The molecule has 3 rings (SSSR count). The van der Waals surface area contributed by atoms with Crippen LogP contribution in [0.3, 0.4) is 0 Å². The maximum atomic E-state index is 12.9. The number of hydrogen-bond acceptors (Lipinski definition) is 2. The van der Waals surface area contributed by atoms with Crippen LogP contribution in [0.1, 0.15) is 43.2 Å². The van der Waals surface area contributed by atoms with Crippen molar-refractivity contribution >= 4 is 0 Å². The average molecular weight is 355 g/mol. The van der Waals surface area contributed by atoms with E-state index in [1.165, 1.54) is 49.8 Å². The molecule has 0 aliphatic heterocycles. The number of nitrogens with zero attached hydrogens (tertiary/aromatic N) is 1. The van der Waals surface area contributed by atoms with Gasteiger partial charge in [0.05, 0.1) is 0 Å². The molecule has 1 aliphatic rings. The molecule has 140 valence electrons. The van der Waals surface area contributed by atoms with Gasteiger partial charge < -0.3 is 9.64 Å². The molecule has 1 aliphatic carbocycles. The molecule has 0 heterocycles. The Balaban J connectivity index is 1.41. The van der Waals surface area contributed by atoms with Crippen LogP contribution in [0.4, 0.5) is 4.39 Å². The molecule has 0 aromatic heterocycles. The number of benzene rings is 2. The normalized spacial score (nSPS) is 20.3. The van der Waals surface area contributed by atoms with Gasteiger partial charge in [-0.2, -0.15) is 0 Å². The molecule has 0 atom stereocenters. The minimum absolute atomic E-state index is 0.215. The maximum absolute atomic E-state index is 12.9. The molecule has 1 saturated carbocycles. The second-order valence-electron chi connectivity index (χ2n) is 7.74. The molecule has 26 heavy (non-hydrogen) atoms. The summed E-state index contributed by atoms with van der Waals surface area (Å²) < 4.78 is 18.7. The largest absolute Gasteiger partial charge is 0.489 e. The van der Waals surface area contributed by atoms with Crippen molar-refractivity contribution in [1.29, 1.82) is 0 Å². The lowest BCUT2D eigenvalue weighted by Crippen LogP contribution is -2.32. The highest BCUT2D eigenvalue weighted by Crippen LogP contribution is 2.30. The minimum Gasteiger partial charge on any atom is -0.489 e. The molecule has 2 aromatic carbocycles. The molecule has 1 fully saturated rings. The lowest BCUT2D eigenvalue weighted by Gasteiger charge is -2.32. The number of rotatable bonds is 7. The van der Waals surface area contributed by atoms with Crippen molar-refractivity contribution in [3.05, 3.63) is 65.5 Å². The van der Waals surface area contributed by atoms with Crippen molar-refractivity contribution in [2.75, 3.05) is 14.1 Å². The third-order valence-corrected chi connectivity index (χ3v) is 5.63. The van der Waals surface area contributed by atoms with E-state index in [9.17, 15) is 4.39 Å². The number of hydrogen-bond donors (Lipinski definition) is 0. The van der Waals surface area contributed by atoms with E-state index in [-0.39, 0.29) is 5.82 Å². The summed E-state index contributed by atoms with van der Waals surface area (Å²) in [6.07, 6.45) is 7.84. The van der Waals surface area contributed by atoms with Crippen LogP contribution in [-0.2, 0) is 13.0 Å². The Labute approximate surface area is 157 Å². The van der Waals surface area contributed by atoms with Gasteiger partial charge in [-0.1, -0.05) is 24.3 Å². The molecular weight excluding hydrogens is 325 g/mol. The summed E-state index contributed by atoms with van der Waals surface area (Å²) in [5.41, 5.74) is 2.36. The van der Waals surface area contributed by atoms with Crippen LogP contribution >= 0.6 is 0 Å². The molecule has 0 bridgehead atoms. The lowest BCUT2D eigenvalue weighted by molar-refractivity contribution is 0.189. The van der Waals surface area contributed by atoms with Gasteiger partial charge >= 0.3 is 0 Å². The van der Waals surface area contributed by atoms with Gasteiger partial charge in [-0.15, -0.1) is 0 Å². The average Bonchev–Trinajstić information content (AvgIpc) is 2.67. The Hall–Kier alpha value is -1.87. The Morgan fingerprint density at radius 2 is 1.50 bits per heavy atom. The zero-order valence-electron chi connectivity index (χ0n) is 16.0. The fourth-order valence-corrected chi connectivity index (χ4v) is 3.82. The Morgan fingerprint density at radius 3 is 2.12 bits per heavy atom. The molecule has 2 nitrogen and oxygen atoms in total. The zero-order valence-corrected chi connectivity index (χ0v) is 16.0. The standard InChI is InChI=1S/C23H30FNO/c1-25(2)22-13-7-18(8-14-22)3-4-19-9-15-23(16-10-19)26-17-20-5-11-21(24)12-6-20/h5-6,9-12,15-16,18,22H,3-4,7-8,13-14,17H2,1-2H3. The van der Waals surface area contributed by atoms with Crippen molar-refractivity contribution in [3.63, 3.8) is 0 Å². The zero-order chi connectivity index (χ0) is 18.4. The van der Waals surface area contributed by atoms with Crippen LogP contribution in [-0.4, -0.2) is 25.0 Å². The summed E-state index contributed by atoms with van der Waals surface area (Å²) in [7, 11) is 4.40. The highest BCUT2D eigenvalue weighted by Gasteiger charge is 2.21. The second kappa shape index (κ2) is 9.18. The van der Waals surface area contributed by atoms with E-state index in [4.69, 9.17) is 4.74 Å². The Kier molecular flexibility index (Phi) is 6.67. The predicted octanol–water partition coefficient (Wildman–Crippen LogP) is 5.46. The number of halogens is 1. The summed E-state index contributed by atoms with van der Waals surface area (Å²) in [5.74, 6) is 1.53. The Bertz CT molecular complexity index is 658. The van der Waals surface area contributed by atoms with E-state index >= 15 is 0 Å². The molecule has 0 saturated heterocycles. The van der Waals surface area contributed by atoms with Crippen molar-refractivity contribution < 1.29 is 9.13 Å². The van der Waals surface area contributed by atoms with Gasteiger partial charge in [0.15, 0.2) is 0 Å². The van der Waals surface area contributed by atoms with Crippen LogP contribution in [0.25, 0.3) is 0 Å². The summed E-state index contributed by atoms with van der Waals surface area (Å²) in [6, 6.07) is 15.7. The molecule has 0 N–H and O–H groups in total. The number of ether oxygens (including phenoxy) is 1. The first-order valence-corrected chi connectivity index (χ1v) is 9.73. The molecule has 0 spiro atoms. The molecule has 0 radical (unpaired) electrons. The fraction of sp³-hybridized carbons (Fsp3) is 0.478. The van der Waals surface area contributed by atoms with Crippen LogP contribution in [0, 0.1) is 11.7 Å². The van der Waals surface area contributed by atoms with E-state index < -0.39 is 0 Å². The molecule has 0 amide bonds. The van der Waals surface area contributed by atoms with E-state index in [1.54, 1.807) is 12.1 Å². The first-order chi connectivity index (χ1) is 12.6. The smallest absolute Gasteiger partial charge is 0.123 e. The van der Waals surface area contributed by atoms with Crippen molar-refractivity contribution in [2.24, 2.45) is 5.92 Å². The van der Waals surface area contributed by atoms with E-state index in [0.29, 0.717) is 6.61 Å². The van der Waals surface area contributed by atoms with E-state index in [0.717, 1.165) is 29.7 Å². The van der Waals surface area contributed by atoms with Crippen LogP contribution in [0.15, 0.2) is 48.5 Å². The SMILES string of the molecule is CN(C)C1CCC(CCc2ccc(OCc3ccc(F)cc3)cc2)CC1. The van der Waals surface area contributed by atoms with Gasteiger partial charge in [-0.3, -0.25) is 0 Å². The minimum atomic E-state index is -0.215. The second-order valence-corrected chi connectivity index (χ2v) is 7.74. The third kappa shape index (κ3) is 5.57. The van der Waals surface area contributed by atoms with Gasteiger partial charge in [0.2, 0.25) is 0 Å². The first kappa shape index (κ1) is 18.9. The van der Waals surface area contributed by atoms with Gasteiger partial charge in [0, 0.05) is 6.04 Å². The van der Waals surface area contributed by atoms with Crippen LogP contribution in [0.2, 0.25) is 0 Å². The molecule has 2 aromatic rings. The molecule has 0 unspecified atom stereocenters. The van der Waals surface area contributed by atoms with Gasteiger partial charge in [-0.05, 0) is 93.9 Å². The summed E-state index contributed by atoms with van der Waals surface area (Å²) in [5, 5.41) is 0. The summed E-state index contributed by atoms with van der Waals surface area (Å²) in [4.78, 5) is 2.38. The lowest BCUT2D eigenvalue weighted by atomic mass is 9.82. The van der Waals surface area contributed by atoms with Crippen molar-refractivity contribution in [2.45, 2.75) is 51.2 Å². The quantitative estimate of drug-likeness (QED) is 0.654. The van der Waals surface area contributed by atoms with Crippen LogP contribution < -0.4 is 4.74 Å². The maximum Gasteiger partial charge on any atom is 0.123 e. The van der Waals surface area contributed by atoms with Gasteiger partial charge in [-0.25, -0.2) is 4.39 Å². The van der Waals surface area contributed by atoms with E-state index in [1.807, 2.05) is 12.1 Å². The Morgan fingerprint density at radius 1 is 0.885 bits per heavy atom. The van der Waals surface area contributed by atoms with E-state index in [2.05, 4.69) is 31.1 Å². The summed E-state index contributed by atoms with van der Waals surface area (Å²) >= 11 is 0. The fourth-order valence-electron chi connectivity index (χ4n) is 3.82. The van der Waals surface area contributed by atoms with Crippen LogP contribution in [0.5, 0.6) is 5.75 Å².